The molecule has 0 spiro atoms. The molecule has 0 aliphatic carbocycles. The minimum Gasteiger partial charge on any atom is -0.444 e. The minimum atomic E-state index is -3.67. The van der Waals surface area contributed by atoms with Gasteiger partial charge in [-0.05, 0) is 26.3 Å². The topological polar surface area (TPSA) is 128 Å². The van der Waals surface area contributed by atoms with E-state index in [1.54, 1.807) is 20.8 Å². The van der Waals surface area contributed by atoms with Crippen LogP contribution >= 0.6 is 0 Å². The van der Waals surface area contributed by atoms with Crippen molar-refractivity contribution >= 4 is 21.8 Å². The molecule has 0 bridgehead atoms. The van der Waals surface area contributed by atoms with Crippen LogP contribution in [0.1, 0.15) is 26.3 Å². The summed E-state index contributed by atoms with van der Waals surface area (Å²) in [6, 6.07) is 5.41. The van der Waals surface area contributed by atoms with Crippen molar-refractivity contribution in [3.05, 3.63) is 39.9 Å². The average molecular weight is 359 g/mol. The van der Waals surface area contributed by atoms with Crippen LogP contribution in [0.2, 0.25) is 0 Å². The van der Waals surface area contributed by atoms with Gasteiger partial charge < -0.3 is 10.1 Å². The highest BCUT2D eigenvalue weighted by Crippen LogP contribution is 2.14. The molecule has 10 heteroatoms. The van der Waals surface area contributed by atoms with Crippen LogP contribution in [0.4, 0.5) is 10.5 Å². The van der Waals surface area contributed by atoms with Crippen LogP contribution in [0.3, 0.4) is 0 Å². The highest BCUT2D eigenvalue weighted by Gasteiger charge is 2.16. The Morgan fingerprint density at radius 1 is 1.29 bits per heavy atom. The highest BCUT2D eigenvalue weighted by molar-refractivity contribution is 7.88. The lowest BCUT2D eigenvalue weighted by atomic mass is 10.2. The van der Waals surface area contributed by atoms with Gasteiger partial charge in [-0.2, -0.15) is 0 Å². The zero-order valence-corrected chi connectivity index (χ0v) is 14.6. The number of rotatable bonds is 7. The second kappa shape index (κ2) is 8.06. The number of nitro benzene ring substituents is 1. The van der Waals surface area contributed by atoms with Crippen LogP contribution in [0.15, 0.2) is 24.3 Å². The number of ether oxygens (including phenoxy) is 1. The van der Waals surface area contributed by atoms with Gasteiger partial charge in [-0.25, -0.2) is 17.9 Å². The van der Waals surface area contributed by atoms with Gasteiger partial charge >= 0.3 is 6.09 Å². The molecule has 1 aromatic rings. The summed E-state index contributed by atoms with van der Waals surface area (Å²) >= 11 is 0. The molecule has 0 aliphatic heterocycles. The standard InChI is InChI=1S/C14H21N3O6S/c1-14(2,3)23-13(18)15-7-8-16-24(21,22)10-11-5-4-6-12(9-11)17(19)20/h4-6,9,16H,7-8,10H2,1-3H3,(H,15,18). The van der Waals surface area contributed by atoms with Crippen molar-refractivity contribution in [2.75, 3.05) is 13.1 Å². The summed E-state index contributed by atoms with van der Waals surface area (Å²) in [6.45, 7) is 5.19. The van der Waals surface area contributed by atoms with Crippen molar-refractivity contribution in [2.45, 2.75) is 32.1 Å². The van der Waals surface area contributed by atoms with E-state index in [0.29, 0.717) is 5.56 Å². The largest absolute Gasteiger partial charge is 0.444 e. The van der Waals surface area contributed by atoms with E-state index in [0.717, 1.165) is 0 Å². The van der Waals surface area contributed by atoms with E-state index in [4.69, 9.17) is 4.74 Å². The first-order valence-corrected chi connectivity index (χ1v) is 8.81. The molecular weight excluding hydrogens is 338 g/mol. The molecule has 0 aliphatic rings. The molecule has 0 radical (unpaired) electrons. The fourth-order valence-corrected chi connectivity index (χ4v) is 2.85. The second-order valence-corrected chi connectivity index (χ2v) is 7.82. The Labute approximate surface area is 140 Å². The van der Waals surface area contributed by atoms with Gasteiger partial charge in [0.1, 0.15) is 5.60 Å². The fraction of sp³-hybridized carbons (Fsp3) is 0.500. The molecule has 0 heterocycles. The Morgan fingerprint density at radius 2 is 1.96 bits per heavy atom. The summed E-state index contributed by atoms with van der Waals surface area (Å²) in [5.74, 6) is -0.388. The third-order valence-electron chi connectivity index (χ3n) is 2.59. The van der Waals surface area contributed by atoms with Crippen LogP contribution in [-0.4, -0.2) is 38.1 Å². The van der Waals surface area contributed by atoms with Gasteiger partial charge in [0, 0.05) is 25.2 Å². The molecule has 0 saturated heterocycles. The summed E-state index contributed by atoms with van der Waals surface area (Å²) in [5.41, 5.74) is -0.503. The minimum absolute atomic E-state index is 0.0174. The molecule has 1 rings (SSSR count). The Kier molecular flexibility index (Phi) is 6.67. The van der Waals surface area contributed by atoms with Gasteiger partial charge in [0.25, 0.3) is 5.69 Å². The predicted octanol–water partition coefficient (Wildman–Crippen LogP) is 1.54. The van der Waals surface area contributed by atoms with Crippen LogP contribution in [0, 0.1) is 10.1 Å². The zero-order valence-electron chi connectivity index (χ0n) is 13.7. The quantitative estimate of drug-likeness (QED) is 0.432. The van der Waals surface area contributed by atoms with Crippen molar-refractivity contribution in [2.24, 2.45) is 0 Å². The third-order valence-corrected chi connectivity index (χ3v) is 3.95. The van der Waals surface area contributed by atoms with E-state index in [2.05, 4.69) is 10.0 Å². The number of carbonyl (C=O) groups excluding carboxylic acids is 1. The lowest BCUT2D eigenvalue weighted by Crippen LogP contribution is -2.38. The van der Waals surface area contributed by atoms with Gasteiger partial charge in [0.05, 0.1) is 10.7 Å². The van der Waals surface area contributed by atoms with Crippen molar-refractivity contribution < 1.29 is 22.9 Å². The van der Waals surface area contributed by atoms with Gasteiger partial charge in [-0.1, -0.05) is 12.1 Å². The summed E-state index contributed by atoms with van der Waals surface area (Å²) in [6.07, 6.45) is -0.639. The van der Waals surface area contributed by atoms with Crippen LogP contribution in [0.5, 0.6) is 0 Å². The number of carbonyl (C=O) groups is 1. The molecule has 0 atom stereocenters. The first kappa shape index (κ1) is 19.8. The summed E-state index contributed by atoms with van der Waals surface area (Å²) in [4.78, 5) is 21.5. The number of alkyl carbamates (subject to hydrolysis) is 1. The summed E-state index contributed by atoms with van der Waals surface area (Å²) in [7, 11) is -3.67. The zero-order chi connectivity index (χ0) is 18.4. The predicted molar refractivity (Wildman–Crippen MR) is 88.0 cm³/mol. The third kappa shape index (κ3) is 7.88. The molecule has 0 unspecified atom stereocenters. The SMILES string of the molecule is CC(C)(C)OC(=O)NCCNS(=O)(=O)Cc1cccc([N+](=O)[O-])c1. The molecular formula is C14H21N3O6S. The van der Waals surface area contributed by atoms with Gasteiger partial charge in [0.15, 0.2) is 0 Å². The number of non-ortho nitro benzene ring substituents is 1. The van der Waals surface area contributed by atoms with E-state index >= 15 is 0 Å². The lowest BCUT2D eigenvalue weighted by molar-refractivity contribution is -0.384. The molecule has 9 nitrogen and oxygen atoms in total. The molecule has 0 aromatic heterocycles. The Bertz CT molecular complexity index is 697. The lowest BCUT2D eigenvalue weighted by Gasteiger charge is -2.19. The summed E-state index contributed by atoms with van der Waals surface area (Å²) in [5, 5.41) is 13.1. The number of hydrogen-bond acceptors (Lipinski definition) is 6. The van der Waals surface area contributed by atoms with Crippen molar-refractivity contribution in [3.8, 4) is 0 Å². The maximum atomic E-state index is 11.9. The fourth-order valence-electron chi connectivity index (χ4n) is 1.72. The Hall–Kier alpha value is -2.20. The molecule has 2 N–H and O–H groups in total. The molecule has 0 fully saturated rings. The molecule has 0 saturated carbocycles. The van der Waals surface area contributed by atoms with Crippen LogP contribution in [0.25, 0.3) is 0 Å². The number of sulfonamides is 1. The van der Waals surface area contributed by atoms with E-state index in [1.807, 2.05) is 0 Å². The first-order valence-electron chi connectivity index (χ1n) is 7.16. The van der Waals surface area contributed by atoms with Gasteiger partial charge in [-0.3, -0.25) is 10.1 Å². The van der Waals surface area contributed by atoms with Crippen molar-refractivity contribution in [1.29, 1.82) is 0 Å². The normalized spacial score (nSPS) is 11.8. The average Bonchev–Trinajstić information content (AvgIpc) is 2.41. The van der Waals surface area contributed by atoms with E-state index in [1.165, 1.54) is 24.3 Å². The van der Waals surface area contributed by atoms with Gasteiger partial charge in [-0.15, -0.1) is 0 Å². The number of nitrogens with zero attached hydrogens (tertiary/aromatic N) is 1. The first-order chi connectivity index (χ1) is 11.0. The van der Waals surface area contributed by atoms with Crippen LogP contribution < -0.4 is 10.0 Å². The Balaban J connectivity index is 2.46. The van der Waals surface area contributed by atoms with Crippen LogP contribution in [-0.2, 0) is 20.5 Å². The number of nitrogens with one attached hydrogen (secondary N) is 2. The smallest absolute Gasteiger partial charge is 0.407 e. The van der Waals surface area contributed by atoms with E-state index < -0.39 is 26.6 Å². The summed E-state index contributed by atoms with van der Waals surface area (Å²) < 4.78 is 31.2. The maximum Gasteiger partial charge on any atom is 0.407 e. The second-order valence-electron chi connectivity index (χ2n) is 6.01. The monoisotopic (exact) mass is 359 g/mol. The molecule has 134 valence electrons. The molecule has 24 heavy (non-hydrogen) atoms. The Morgan fingerprint density at radius 3 is 2.54 bits per heavy atom. The van der Waals surface area contributed by atoms with E-state index in [-0.39, 0.29) is 24.5 Å². The van der Waals surface area contributed by atoms with E-state index in [9.17, 15) is 23.3 Å². The van der Waals surface area contributed by atoms with Gasteiger partial charge in [0.2, 0.25) is 10.0 Å². The number of nitro groups is 1. The molecule has 1 amide bonds. The number of hydrogen-bond donors (Lipinski definition) is 2. The number of benzene rings is 1. The highest BCUT2D eigenvalue weighted by atomic mass is 32.2. The van der Waals surface area contributed by atoms with Crippen molar-refractivity contribution in [1.82, 2.24) is 10.0 Å². The van der Waals surface area contributed by atoms with Crippen molar-refractivity contribution in [3.63, 3.8) is 0 Å². The molecule has 1 aromatic carbocycles. The maximum absolute atomic E-state index is 11.9. The number of amides is 1.